The maximum Gasteiger partial charge on any atom is 1.00 e. The molecule has 1 amide bonds. The van der Waals surface area contributed by atoms with E-state index in [9.17, 15) is 9.59 Å². The van der Waals surface area contributed by atoms with Gasteiger partial charge in [0.1, 0.15) is 0 Å². The maximum absolute atomic E-state index is 11.0. The zero-order valence-corrected chi connectivity index (χ0v) is 19.6. The summed E-state index contributed by atoms with van der Waals surface area (Å²) in [5, 5.41) is 2.69. The number of nitrogens with one attached hydrogen (secondary N) is 1. The van der Waals surface area contributed by atoms with E-state index in [0.29, 0.717) is 13.0 Å². The van der Waals surface area contributed by atoms with Crippen LogP contribution < -0.4 is 24.2 Å². The number of carbonyl (C=O) groups excluding carboxylic acids is 2. The van der Waals surface area contributed by atoms with Gasteiger partial charge in [-0.15, -0.1) is 12.1 Å². The van der Waals surface area contributed by atoms with Crippen LogP contribution in [0.1, 0.15) is 42.9 Å². The molecular formula is C26H35LiNO3-3. The summed E-state index contributed by atoms with van der Waals surface area (Å²) in [6.07, 6.45) is 2.31. The van der Waals surface area contributed by atoms with Gasteiger partial charge in [-0.05, 0) is 31.4 Å². The molecule has 4 nitrogen and oxygen atoms in total. The molecule has 2 rings (SSSR count). The molecule has 0 saturated carbocycles. The van der Waals surface area contributed by atoms with Crippen LogP contribution in [0.2, 0.25) is 0 Å². The Hall–Kier alpha value is -2.28. The maximum atomic E-state index is 11.0. The van der Waals surface area contributed by atoms with Crippen LogP contribution in [-0.4, -0.2) is 18.5 Å². The van der Waals surface area contributed by atoms with E-state index in [0.717, 1.165) is 35.2 Å². The molecule has 2 aromatic carbocycles. The van der Waals surface area contributed by atoms with Crippen molar-refractivity contribution in [3.63, 3.8) is 0 Å². The number of hydrogen-bond acceptors (Lipinski definition) is 3. The Bertz CT molecular complexity index is 727. The molecule has 1 unspecified atom stereocenters. The quantitative estimate of drug-likeness (QED) is 0.448. The molecule has 2 aromatic rings. The molecule has 0 spiro atoms. The van der Waals surface area contributed by atoms with E-state index in [1.165, 1.54) is 0 Å². The molecule has 0 heterocycles. The first-order valence-corrected chi connectivity index (χ1v) is 10.1. The van der Waals surface area contributed by atoms with Crippen molar-refractivity contribution in [2.45, 2.75) is 40.0 Å². The fraction of sp³-hybridized carbons (Fsp3) is 0.308. The predicted molar refractivity (Wildman–Crippen MR) is 125 cm³/mol. The number of rotatable bonds is 6. The van der Waals surface area contributed by atoms with Crippen LogP contribution in [0.25, 0.3) is 0 Å². The zero-order chi connectivity index (χ0) is 22.9. The Balaban J connectivity index is 0. The Morgan fingerprint density at radius 3 is 1.97 bits per heavy atom. The van der Waals surface area contributed by atoms with Crippen molar-refractivity contribution >= 4 is 17.6 Å². The molecule has 0 aromatic heterocycles. The zero-order valence-electron chi connectivity index (χ0n) is 19.6. The smallest absolute Gasteiger partial charge is 0.467 e. The molecule has 0 aliphatic carbocycles. The third-order valence-corrected chi connectivity index (χ3v) is 3.92. The normalized spacial score (nSPS) is 10.1. The van der Waals surface area contributed by atoms with E-state index < -0.39 is 0 Å². The molecule has 0 saturated heterocycles. The second-order valence-corrected chi connectivity index (χ2v) is 6.81. The van der Waals surface area contributed by atoms with Crippen molar-refractivity contribution in [3.05, 3.63) is 92.9 Å². The van der Waals surface area contributed by atoms with E-state index in [1.54, 1.807) is 0 Å². The van der Waals surface area contributed by atoms with Crippen LogP contribution in [0, 0.1) is 47.5 Å². The minimum Gasteiger partial charge on any atom is -0.467 e. The monoisotopic (exact) mass is 416 g/mol. The SMILES string of the molecule is [CH2-]C(=O)Nc1c(C)cccc1C.[CH2-]CCC([CH2-])C(=O)OCCC.[CH2-]c1ccccc1.[Li+]. The summed E-state index contributed by atoms with van der Waals surface area (Å²) in [7, 11) is 0. The van der Waals surface area contributed by atoms with E-state index in [-0.39, 0.29) is 36.7 Å². The van der Waals surface area contributed by atoms with Gasteiger partial charge < -0.3 is 35.6 Å². The molecule has 31 heavy (non-hydrogen) atoms. The Morgan fingerprint density at radius 2 is 1.58 bits per heavy atom. The van der Waals surface area contributed by atoms with E-state index >= 15 is 0 Å². The molecule has 166 valence electrons. The van der Waals surface area contributed by atoms with Gasteiger partial charge in [-0.2, -0.15) is 31.0 Å². The van der Waals surface area contributed by atoms with Gasteiger partial charge in [0.25, 0.3) is 5.97 Å². The van der Waals surface area contributed by atoms with Crippen LogP contribution in [-0.2, 0) is 14.3 Å². The van der Waals surface area contributed by atoms with E-state index in [1.807, 2.05) is 69.3 Å². The first-order chi connectivity index (χ1) is 14.2. The standard InChI is InChI=1S/C10H12NO.C9H16O2.C7H7.Li/c1-7-5-4-6-8(2)10(7)11-9(3)12;1-4-6-8(3)9(10)11-7-5-2;1-7-5-3-2-4-6-7;/h4-6H,3H2,1-2H3,(H,11,12);8H,1,3-7H2,2H3;2-6H,1H2;/q-1;-2;-1;+1. The number of carbonyl (C=O) groups is 2. The number of hydrogen-bond donors (Lipinski definition) is 1. The molecule has 0 bridgehead atoms. The molecule has 0 aliphatic heterocycles. The average molecular weight is 417 g/mol. The summed E-state index contributed by atoms with van der Waals surface area (Å²) < 4.78 is 4.88. The second kappa shape index (κ2) is 18.5. The van der Waals surface area contributed by atoms with E-state index in [2.05, 4.69) is 33.0 Å². The molecule has 1 atom stereocenters. The Kier molecular flexibility index (Phi) is 18.4. The van der Waals surface area contributed by atoms with Crippen molar-refractivity contribution in [2.75, 3.05) is 11.9 Å². The summed E-state index contributed by atoms with van der Waals surface area (Å²) in [6, 6.07) is 15.7. The number of anilines is 1. The van der Waals surface area contributed by atoms with Crippen LogP contribution >= 0.6 is 0 Å². The second-order valence-electron chi connectivity index (χ2n) is 6.81. The predicted octanol–water partition coefficient (Wildman–Crippen LogP) is 2.95. The van der Waals surface area contributed by atoms with Gasteiger partial charge >= 0.3 is 18.9 Å². The third-order valence-electron chi connectivity index (χ3n) is 3.92. The van der Waals surface area contributed by atoms with Crippen molar-refractivity contribution in [1.82, 2.24) is 0 Å². The largest absolute Gasteiger partial charge is 1.00 e. The molecule has 0 fully saturated rings. The van der Waals surface area contributed by atoms with Gasteiger partial charge in [-0.3, -0.25) is 4.79 Å². The number of amides is 1. The average Bonchev–Trinajstić information content (AvgIpc) is 2.70. The Labute approximate surface area is 201 Å². The molecule has 0 aliphatic rings. The van der Waals surface area contributed by atoms with Crippen LogP contribution in [0.3, 0.4) is 0 Å². The molecular weight excluding hydrogens is 381 g/mol. The summed E-state index contributed by atoms with van der Waals surface area (Å²) in [5.41, 5.74) is 4.07. The fourth-order valence-electron chi connectivity index (χ4n) is 2.31. The van der Waals surface area contributed by atoms with Gasteiger partial charge in [0.05, 0.1) is 12.5 Å². The summed E-state index contributed by atoms with van der Waals surface area (Å²) >= 11 is 0. The van der Waals surface area contributed by atoms with Crippen molar-refractivity contribution < 1.29 is 33.2 Å². The fourth-order valence-corrected chi connectivity index (χ4v) is 2.31. The first-order valence-electron chi connectivity index (χ1n) is 10.1. The Morgan fingerprint density at radius 1 is 1.03 bits per heavy atom. The van der Waals surface area contributed by atoms with Crippen molar-refractivity contribution in [1.29, 1.82) is 0 Å². The number of ether oxygens (including phenoxy) is 1. The minimum atomic E-state index is -0.271. The van der Waals surface area contributed by atoms with Crippen LogP contribution in [0.5, 0.6) is 0 Å². The van der Waals surface area contributed by atoms with Crippen LogP contribution in [0.4, 0.5) is 5.69 Å². The van der Waals surface area contributed by atoms with E-state index in [4.69, 9.17) is 4.74 Å². The number of aryl methyl sites for hydroxylation is 2. The molecule has 5 heteroatoms. The summed E-state index contributed by atoms with van der Waals surface area (Å²) in [6.45, 7) is 20.7. The van der Waals surface area contributed by atoms with Gasteiger partial charge in [-0.1, -0.05) is 43.5 Å². The summed E-state index contributed by atoms with van der Waals surface area (Å²) in [4.78, 5) is 21.7. The first kappa shape index (κ1) is 30.9. The number of benzene rings is 2. The number of para-hydroxylation sites is 1. The van der Waals surface area contributed by atoms with Crippen molar-refractivity contribution in [3.8, 4) is 0 Å². The summed E-state index contributed by atoms with van der Waals surface area (Å²) in [5.74, 6) is -0.707. The minimum absolute atomic E-state index is 0. The van der Waals surface area contributed by atoms with Gasteiger partial charge in [-0.25, -0.2) is 0 Å². The van der Waals surface area contributed by atoms with Gasteiger partial charge in [0, 0.05) is 5.69 Å². The van der Waals surface area contributed by atoms with Crippen molar-refractivity contribution in [2.24, 2.45) is 5.92 Å². The van der Waals surface area contributed by atoms with Crippen LogP contribution in [0.15, 0.2) is 48.5 Å². The topological polar surface area (TPSA) is 55.4 Å². The molecule has 1 N–H and O–H groups in total. The third kappa shape index (κ3) is 15.2. The van der Waals surface area contributed by atoms with Gasteiger partial charge in [0.2, 0.25) is 0 Å². The molecule has 0 radical (unpaired) electrons. The van der Waals surface area contributed by atoms with Gasteiger partial charge in [0.15, 0.2) is 0 Å². The number of esters is 1.